The van der Waals surface area contributed by atoms with Crippen molar-refractivity contribution in [2.24, 2.45) is 11.8 Å². The standard InChI is InChI=1S/C22H45IO2/c1-5-6-7-8-9-10-11-12-15-24-19-25-16-13-14-20(2)17-21(3)18-22(4)23/h20-22H,5-19H2,1-4H3. The van der Waals surface area contributed by atoms with Crippen molar-refractivity contribution in [2.75, 3.05) is 20.0 Å². The molecule has 0 fully saturated rings. The maximum Gasteiger partial charge on any atom is 0.146 e. The van der Waals surface area contributed by atoms with E-state index >= 15 is 0 Å². The lowest BCUT2D eigenvalue weighted by atomic mass is 9.91. The van der Waals surface area contributed by atoms with Gasteiger partial charge in [-0.25, -0.2) is 0 Å². The zero-order valence-corrected chi connectivity index (χ0v) is 19.7. The number of rotatable bonds is 19. The Labute approximate surface area is 172 Å². The Morgan fingerprint density at radius 1 is 0.680 bits per heavy atom. The molecule has 152 valence electrons. The van der Waals surface area contributed by atoms with Crippen LogP contribution in [0.5, 0.6) is 0 Å². The summed E-state index contributed by atoms with van der Waals surface area (Å²) >= 11 is 2.53. The Hall–Kier alpha value is 0.650. The van der Waals surface area contributed by atoms with Gasteiger partial charge in [-0.2, -0.15) is 0 Å². The lowest BCUT2D eigenvalue weighted by Crippen LogP contribution is -2.08. The van der Waals surface area contributed by atoms with Crippen molar-refractivity contribution in [3.63, 3.8) is 0 Å². The number of hydrogen-bond acceptors (Lipinski definition) is 2. The Bertz CT molecular complexity index is 258. The molecule has 0 aromatic rings. The smallest absolute Gasteiger partial charge is 0.146 e. The molecule has 0 aromatic heterocycles. The molecule has 2 nitrogen and oxygen atoms in total. The molecule has 0 amide bonds. The Kier molecular flexibility index (Phi) is 19.9. The normalized spacial score (nSPS) is 15.2. The molecule has 0 saturated carbocycles. The molecule has 0 N–H and O–H groups in total. The maximum absolute atomic E-state index is 5.60. The van der Waals surface area contributed by atoms with Crippen molar-refractivity contribution < 1.29 is 9.47 Å². The largest absolute Gasteiger partial charge is 0.355 e. The number of ether oxygens (including phenoxy) is 2. The van der Waals surface area contributed by atoms with E-state index in [1.54, 1.807) is 0 Å². The summed E-state index contributed by atoms with van der Waals surface area (Å²) < 4.78 is 12.0. The second kappa shape index (κ2) is 19.4. The summed E-state index contributed by atoms with van der Waals surface area (Å²) in [5.41, 5.74) is 0. The predicted molar refractivity (Wildman–Crippen MR) is 120 cm³/mol. The zero-order chi connectivity index (χ0) is 18.8. The van der Waals surface area contributed by atoms with Gasteiger partial charge in [0.25, 0.3) is 0 Å². The Balaban J connectivity index is 3.20. The molecule has 3 heteroatoms. The summed E-state index contributed by atoms with van der Waals surface area (Å²) in [6.07, 6.45) is 15.9. The van der Waals surface area contributed by atoms with Crippen LogP contribution < -0.4 is 0 Å². The highest BCUT2D eigenvalue weighted by Gasteiger charge is 2.10. The Morgan fingerprint density at radius 2 is 1.24 bits per heavy atom. The fraction of sp³-hybridized carbons (Fsp3) is 1.00. The maximum atomic E-state index is 5.60. The van der Waals surface area contributed by atoms with Crippen LogP contribution in [0.3, 0.4) is 0 Å². The van der Waals surface area contributed by atoms with Gasteiger partial charge >= 0.3 is 0 Å². The zero-order valence-electron chi connectivity index (χ0n) is 17.5. The number of unbranched alkanes of at least 4 members (excludes halogenated alkanes) is 7. The van der Waals surface area contributed by atoms with Crippen LogP contribution >= 0.6 is 22.6 Å². The van der Waals surface area contributed by atoms with Gasteiger partial charge in [-0.1, -0.05) is 95.2 Å². The van der Waals surface area contributed by atoms with Crippen LogP contribution in [0.1, 0.15) is 105 Å². The molecule has 0 spiro atoms. The van der Waals surface area contributed by atoms with E-state index in [2.05, 4.69) is 50.3 Å². The van der Waals surface area contributed by atoms with E-state index in [1.165, 1.54) is 70.6 Å². The molecule has 3 unspecified atom stereocenters. The third-order valence-corrected chi connectivity index (χ3v) is 5.33. The highest BCUT2D eigenvalue weighted by atomic mass is 127. The van der Waals surface area contributed by atoms with Crippen molar-refractivity contribution in [3.05, 3.63) is 0 Å². The van der Waals surface area contributed by atoms with Gasteiger partial charge < -0.3 is 9.47 Å². The van der Waals surface area contributed by atoms with Gasteiger partial charge in [0.15, 0.2) is 0 Å². The first-order chi connectivity index (χ1) is 12.1. The minimum Gasteiger partial charge on any atom is -0.355 e. The van der Waals surface area contributed by atoms with E-state index < -0.39 is 0 Å². The molecular formula is C22H45IO2. The van der Waals surface area contributed by atoms with E-state index in [0.717, 1.165) is 35.4 Å². The van der Waals surface area contributed by atoms with E-state index in [-0.39, 0.29) is 0 Å². The minimum atomic E-state index is 0.480. The summed E-state index contributed by atoms with van der Waals surface area (Å²) in [5.74, 6) is 1.66. The number of hydrogen-bond donors (Lipinski definition) is 0. The summed E-state index contributed by atoms with van der Waals surface area (Å²) in [4.78, 5) is 0. The molecule has 0 saturated heterocycles. The molecule has 0 rings (SSSR count). The first-order valence-electron chi connectivity index (χ1n) is 10.9. The average molecular weight is 469 g/mol. The van der Waals surface area contributed by atoms with Crippen LogP contribution in [0.25, 0.3) is 0 Å². The SMILES string of the molecule is CCCCCCCCCCOCOCCCC(C)CC(C)CC(C)I. The fourth-order valence-electron chi connectivity index (χ4n) is 3.50. The third-order valence-electron chi connectivity index (χ3n) is 4.83. The lowest BCUT2D eigenvalue weighted by molar-refractivity contribution is -0.0561. The quantitative estimate of drug-likeness (QED) is 0.0834. The summed E-state index contributed by atoms with van der Waals surface area (Å²) in [5, 5.41) is 0. The van der Waals surface area contributed by atoms with Crippen molar-refractivity contribution in [1.29, 1.82) is 0 Å². The van der Waals surface area contributed by atoms with Crippen molar-refractivity contribution in [3.8, 4) is 0 Å². The average Bonchev–Trinajstić information content (AvgIpc) is 2.54. The van der Waals surface area contributed by atoms with E-state index in [1.807, 2.05) is 0 Å². The predicted octanol–water partition coefficient (Wildman–Crippen LogP) is 7.77. The van der Waals surface area contributed by atoms with Crippen LogP contribution in [0, 0.1) is 11.8 Å². The molecule has 0 bridgehead atoms. The number of alkyl halides is 1. The first kappa shape index (κ1) is 25.6. The van der Waals surface area contributed by atoms with Crippen LogP contribution in [0.15, 0.2) is 0 Å². The van der Waals surface area contributed by atoms with Crippen molar-refractivity contribution in [2.45, 2.75) is 109 Å². The van der Waals surface area contributed by atoms with E-state index in [0.29, 0.717) is 6.79 Å². The lowest BCUT2D eigenvalue weighted by Gasteiger charge is -2.18. The molecule has 0 aliphatic rings. The van der Waals surface area contributed by atoms with E-state index in [4.69, 9.17) is 9.47 Å². The summed E-state index contributed by atoms with van der Waals surface area (Å²) in [7, 11) is 0. The molecule has 0 aliphatic carbocycles. The van der Waals surface area contributed by atoms with Crippen molar-refractivity contribution in [1.82, 2.24) is 0 Å². The number of halogens is 1. The van der Waals surface area contributed by atoms with Crippen LogP contribution in [-0.4, -0.2) is 23.9 Å². The van der Waals surface area contributed by atoms with Gasteiger partial charge in [0.2, 0.25) is 0 Å². The molecular weight excluding hydrogens is 423 g/mol. The highest BCUT2D eigenvalue weighted by molar-refractivity contribution is 14.1. The molecule has 3 atom stereocenters. The monoisotopic (exact) mass is 468 g/mol. The fourth-order valence-corrected chi connectivity index (χ4v) is 4.37. The van der Waals surface area contributed by atoms with Gasteiger partial charge in [-0.15, -0.1) is 0 Å². The van der Waals surface area contributed by atoms with Gasteiger partial charge in [-0.05, 0) is 43.9 Å². The summed E-state index contributed by atoms with van der Waals surface area (Å²) in [6, 6.07) is 0. The molecule has 0 aliphatic heterocycles. The third kappa shape index (κ3) is 20.8. The van der Waals surface area contributed by atoms with Gasteiger partial charge in [0, 0.05) is 17.1 Å². The van der Waals surface area contributed by atoms with Crippen LogP contribution in [0.4, 0.5) is 0 Å². The Morgan fingerprint density at radius 3 is 1.84 bits per heavy atom. The summed E-state index contributed by atoms with van der Waals surface area (Å²) in [6.45, 7) is 11.5. The first-order valence-corrected chi connectivity index (χ1v) is 12.1. The minimum absolute atomic E-state index is 0.480. The van der Waals surface area contributed by atoms with Gasteiger partial charge in [0.05, 0.1) is 0 Å². The van der Waals surface area contributed by atoms with Crippen LogP contribution in [0.2, 0.25) is 0 Å². The molecule has 0 radical (unpaired) electrons. The van der Waals surface area contributed by atoms with Gasteiger partial charge in [-0.3, -0.25) is 0 Å². The van der Waals surface area contributed by atoms with Crippen molar-refractivity contribution >= 4 is 22.6 Å². The topological polar surface area (TPSA) is 18.5 Å². The molecule has 0 heterocycles. The van der Waals surface area contributed by atoms with Crippen LogP contribution in [-0.2, 0) is 9.47 Å². The second-order valence-electron chi connectivity index (χ2n) is 8.01. The molecule has 0 aromatic carbocycles. The van der Waals surface area contributed by atoms with E-state index in [9.17, 15) is 0 Å². The highest BCUT2D eigenvalue weighted by Crippen LogP contribution is 2.22. The molecule has 25 heavy (non-hydrogen) atoms. The van der Waals surface area contributed by atoms with Gasteiger partial charge in [0.1, 0.15) is 6.79 Å². The second-order valence-corrected chi connectivity index (χ2v) is 10.1.